The summed E-state index contributed by atoms with van der Waals surface area (Å²) < 4.78 is 0. The zero-order valence-corrected chi connectivity index (χ0v) is 12.8. The van der Waals surface area contributed by atoms with Gasteiger partial charge in [0.15, 0.2) is 5.78 Å². The fraction of sp³-hybridized carbons (Fsp3) is 0.333. The van der Waals surface area contributed by atoms with E-state index in [9.17, 15) is 9.90 Å². The average Bonchev–Trinajstić information content (AvgIpc) is 2.53. The van der Waals surface area contributed by atoms with Gasteiger partial charge in [-0.3, -0.25) is 4.79 Å². The van der Waals surface area contributed by atoms with Crippen LogP contribution in [0.25, 0.3) is 0 Å². The van der Waals surface area contributed by atoms with Gasteiger partial charge in [-0.1, -0.05) is 55.1 Å². The predicted octanol–water partition coefficient (Wildman–Crippen LogP) is 3.91. The monoisotopic (exact) mass is 299 g/mol. The molecule has 1 atom stereocenters. The van der Waals surface area contributed by atoms with Crippen LogP contribution in [0.5, 0.6) is 0 Å². The number of carbonyl (C=O) groups excluding carboxylic acids is 1. The van der Waals surface area contributed by atoms with Crippen molar-refractivity contribution in [2.45, 2.75) is 32.1 Å². The van der Waals surface area contributed by atoms with Crippen molar-refractivity contribution in [3.63, 3.8) is 0 Å². The van der Waals surface area contributed by atoms with Gasteiger partial charge in [0.2, 0.25) is 0 Å². The van der Waals surface area contributed by atoms with Gasteiger partial charge in [0.05, 0.1) is 11.3 Å². The molecule has 1 aliphatic rings. The molecule has 0 amide bonds. The zero-order valence-electron chi connectivity index (χ0n) is 12.8. The molecule has 0 saturated carbocycles. The van der Waals surface area contributed by atoms with Crippen LogP contribution in [0.3, 0.4) is 0 Å². The third-order valence-electron chi connectivity index (χ3n) is 3.70. The standard InChI is InChI=1S/C18H21NO3/c1-3-10-22-19-15(4-2)18-16(20)11-14(12-17(18)21)13-8-6-5-7-9-13/h3,5-9,14,20H,1,4,10-12H2,2H3/b19-15-. The topological polar surface area (TPSA) is 58.9 Å². The van der Waals surface area contributed by atoms with E-state index in [2.05, 4.69) is 11.7 Å². The van der Waals surface area contributed by atoms with Crippen molar-refractivity contribution in [2.75, 3.05) is 6.61 Å². The molecule has 1 aromatic rings. The highest BCUT2D eigenvalue weighted by Crippen LogP contribution is 2.34. The lowest BCUT2D eigenvalue weighted by atomic mass is 9.81. The van der Waals surface area contributed by atoms with E-state index in [4.69, 9.17) is 4.84 Å². The summed E-state index contributed by atoms with van der Waals surface area (Å²) in [4.78, 5) is 17.5. The number of allylic oxidation sites excluding steroid dienone is 2. The van der Waals surface area contributed by atoms with Gasteiger partial charge in [-0.2, -0.15) is 0 Å². The van der Waals surface area contributed by atoms with E-state index in [0.717, 1.165) is 5.56 Å². The molecule has 1 aliphatic carbocycles. The minimum absolute atomic E-state index is 0.0182. The fourth-order valence-corrected chi connectivity index (χ4v) is 2.64. The van der Waals surface area contributed by atoms with Crippen LogP contribution in [-0.4, -0.2) is 23.2 Å². The first-order chi connectivity index (χ1) is 10.7. The Morgan fingerprint density at radius 3 is 2.73 bits per heavy atom. The molecule has 0 heterocycles. The van der Waals surface area contributed by atoms with Crippen molar-refractivity contribution in [2.24, 2.45) is 5.16 Å². The van der Waals surface area contributed by atoms with Crippen molar-refractivity contribution in [1.29, 1.82) is 0 Å². The van der Waals surface area contributed by atoms with Gasteiger partial charge in [0, 0.05) is 12.8 Å². The van der Waals surface area contributed by atoms with Crippen LogP contribution in [0, 0.1) is 0 Å². The molecule has 2 rings (SSSR count). The van der Waals surface area contributed by atoms with E-state index < -0.39 is 0 Å². The summed E-state index contributed by atoms with van der Waals surface area (Å²) in [7, 11) is 0. The Morgan fingerprint density at radius 1 is 1.41 bits per heavy atom. The zero-order chi connectivity index (χ0) is 15.9. The SMILES string of the molecule is C=CCO/N=C(/CC)C1=C(O)CC(c2ccccc2)CC1=O. The van der Waals surface area contributed by atoms with Crippen molar-refractivity contribution >= 4 is 11.5 Å². The highest BCUT2D eigenvalue weighted by molar-refractivity contribution is 6.23. The first-order valence-corrected chi connectivity index (χ1v) is 7.47. The summed E-state index contributed by atoms with van der Waals surface area (Å²) in [6, 6.07) is 9.79. The third kappa shape index (κ3) is 3.64. The number of ketones is 1. The first-order valence-electron chi connectivity index (χ1n) is 7.47. The van der Waals surface area contributed by atoms with E-state index in [-0.39, 0.29) is 24.1 Å². The van der Waals surface area contributed by atoms with E-state index in [0.29, 0.717) is 30.5 Å². The Bertz CT molecular complexity index is 602. The van der Waals surface area contributed by atoms with Crippen LogP contribution < -0.4 is 0 Å². The molecular formula is C18H21NO3. The summed E-state index contributed by atoms with van der Waals surface area (Å²) in [5.74, 6) is 0.0398. The molecule has 116 valence electrons. The van der Waals surface area contributed by atoms with Gasteiger partial charge in [-0.25, -0.2) is 0 Å². The molecule has 0 bridgehead atoms. The number of carbonyl (C=O) groups is 1. The largest absolute Gasteiger partial charge is 0.511 e. The first kappa shape index (κ1) is 16.0. The molecule has 1 unspecified atom stereocenters. The van der Waals surface area contributed by atoms with Crippen LogP contribution >= 0.6 is 0 Å². The second-order valence-electron chi connectivity index (χ2n) is 5.24. The lowest BCUT2D eigenvalue weighted by Gasteiger charge is -2.24. The number of aliphatic hydroxyl groups excluding tert-OH is 1. The number of nitrogens with zero attached hydrogens (tertiary/aromatic N) is 1. The van der Waals surface area contributed by atoms with E-state index in [1.807, 2.05) is 37.3 Å². The Labute approximate surface area is 130 Å². The smallest absolute Gasteiger partial charge is 0.168 e. The summed E-state index contributed by atoms with van der Waals surface area (Å²) in [6.45, 7) is 5.70. The van der Waals surface area contributed by atoms with Crippen LogP contribution in [0.4, 0.5) is 0 Å². The van der Waals surface area contributed by atoms with Crippen molar-refractivity contribution in [1.82, 2.24) is 0 Å². The molecule has 0 saturated heterocycles. The van der Waals surface area contributed by atoms with Crippen LogP contribution in [-0.2, 0) is 9.63 Å². The fourth-order valence-electron chi connectivity index (χ4n) is 2.64. The van der Waals surface area contributed by atoms with Crippen molar-refractivity contribution in [3.8, 4) is 0 Å². The molecule has 0 aliphatic heterocycles. The number of aliphatic hydroxyl groups is 1. The van der Waals surface area contributed by atoms with Crippen LogP contribution in [0.15, 0.2) is 59.5 Å². The Hall–Kier alpha value is -2.36. The number of oxime groups is 1. The molecule has 22 heavy (non-hydrogen) atoms. The average molecular weight is 299 g/mol. The van der Waals surface area contributed by atoms with E-state index in [1.54, 1.807) is 6.08 Å². The van der Waals surface area contributed by atoms with E-state index in [1.165, 1.54) is 0 Å². The van der Waals surface area contributed by atoms with Gasteiger partial charge >= 0.3 is 0 Å². The number of benzene rings is 1. The normalized spacial score (nSPS) is 19.2. The second-order valence-corrected chi connectivity index (χ2v) is 5.24. The lowest BCUT2D eigenvalue weighted by molar-refractivity contribution is -0.116. The molecule has 4 nitrogen and oxygen atoms in total. The molecule has 1 aromatic carbocycles. The van der Waals surface area contributed by atoms with E-state index >= 15 is 0 Å². The van der Waals surface area contributed by atoms with Gasteiger partial charge in [0.25, 0.3) is 0 Å². The Balaban J connectivity index is 2.24. The van der Waals surface area contributed by atoms with Crippen molar-refractivity contribution < 1.29 is 14.7 Å². The number of hydrogen-bond donors (Lipinski definition) is 1. The molecular weight excluding hydrogens is 278 g/mol. The second kappa shape index (κ2) is 7.59. The Morgan fingerprint density at radius 2 is 2.14 bits per heavy atom. The molecule has 4 heteroatoms. The summed E-state index contributed by atoms with van der Waals surface area (Å²) in [6.07, 6.45) is 2.94. The molecule has 0 aromatic heterocycles. The maximum atomic E-state index is 12.4. The lowest BCUT2D eigenvalue weighted by Crippen LogP contribution is -2.23. The van der Waals surface area contributed by atoms with Crippen LogP contribution in [0.2, 0.25) is 0 Å². The highest BCUT2D eigenvalue weighted by Gasteiger charge is 2.31. The van der Waals surface area contributed by atoms with Gasteiger partial charge in [-0.05, 0) is 17.9 Å². The molecule has 0 fully saturated rings. The molecule has 0 spiro atoms. The predicted molar refractivity (Wildman–Crippen MR) is 87.0 cm³/mol. The summed E-state index contributed by atoms with van der Waals surface area (Å²) in [5, 5.41) is 14.3. The maximum Gasteiger partial charge on any atom is 0.168 e. The summed E-state index contributed by atoms with van der Waals surface area (Å²) in [5.41, 5.74) is 1.88. The number of rotatable bonds is 6. The summed E-state index contributed by atoms with van der Waals surface area (Å²) >= 11 is 0. The molecule has 1 N–H and O–H groups in total. The van der Waals surface area contributed by atoms with Gasteiger partial charge in [-0.15, -0.1) is 0 Å². The minimum atomic E-state index is -0.0830. The highest BCUT2D eigenvalue weighted by atomic mass is 16.6. The number of hydrogen-bond acceptors (Lipinski definition) is 4. The van der Waals surface area contributed by atoms with Gasteiger partial charge < -0.3 is 9.94 Å². The minimum Gasteiger partial charge on any atom is -0.511 e. The Kier molecular flexibility index (Phi) is 5.53. The van der Waals surface area contributed by atoms with Crippen LogP contribution in [0.1, 0.15) is 37.7 Å². The quantitative estimate of drug-likeness (QED) is 0.375. The molecule has 0 radical (unpaired) electrons. The maximum absolute atomic E-state index is 12.4. The van der Waals surface area contributed by atoms with Gasteiger partial charge in [0.1, 0.15) is 12.4 Å². The van der Waals surface area contributed by atoms with Crippen molar-refractivity contribution in [3.05, 3.63) is 59.9 Å². The number of Topliss-reactive ketones (excluding diaryl/α,β-unsaturated/α-hetero) is 1. The third-order valence-corrected chi connectivity index (χ3v) is 3.70.